The van der Waals surface area contributed by atoms with Gasteiger partial charge in [-0.3, -0.25) is 4.98 Å². The third-order valence-corrected chi connectivity index (χ3v) is 5.45. The number of pyridine rings is 1. The van der Waals surface area contributed by atoms with Crippen molar-refractivity contribution in [1.82, 2.24) is 20.0 Å². The van der Waals surface area contributed by atoms with Gasteiger partial charge in [0.05, 0.1) is 6.10 Å². The van der Waals surface area contributed by atoms with Crippen molar-refractivity contribution >= 4 is 0 Å². The third kappa shape index (κ3) is 4.19. The van der Waals surface area contributed by atoms with Crippen LogP contribution < -0.4 is 0 Å². The predicted octanol–water partition coefficient (Wildman–Crippen LogP) is 2.94. The van der Waals surface area contributed by atoms with Crippen LogP contribution in [0, 0.1) is 5.82 Å². The van der Waals surface area contributed by atoms with Gasteiger partial charge in [-0.1, -0.05) is 23.4 Å². The van der Waals surface area contributed by atoms with Gasteiger partial charge in [0.1, 0.15) is 17.1 Å². The number of nitrogens with zero attached hydrogens (tertiary/aromatic N) is 4. The average Bonchev–Trinajstić information content (AvgIpc) is 3.26. The van der Waals surface area contributed by atoms with E-state index in [0.717, 1.165) is 0 Å². The summed E-state index contributed by atoms with van der Waals surface area (Å²) in [5.74, 6) is 0.569. The number of hydrogen-bond donors (Lipinski definition) is 1. The Morgan fingerprint density at radius 3 is 2.62 bits per heavy atom. The number of ether oxygens (including phenoxy) is 1. The number of piperidine rings is 1. The first-order valence-electron chi connectivity index (χ1n) is 9.56. The molecule has 3 heterocycles. The molecule has 0 radical (unpaired) electrons. The molecule has 29 heavy (non-hydrogen) atoms. The Morgan fingerprint density at radius 2 is 1.97 bits per heavy atom. The van der Waals surface area contributed by atoms with Crippen molar-refractivity contribution in [1.29, 1.82) is 0 Å². The Bertz CT molecular complexity index is 925. The Morgan fingerprint density at radius 1 is 1.21 bits per heavy atom. The summed E-state index contributed by atoms with van der Waals surface area (Å²) >= 11 is 0. The average molecular weight is 398 g/mol. The van der Waals surface area contributed by atoms with Gasteiger partial charge in [-0.25, -0.2) is 4.39 Å². The van der Waals surface area contributed by atoms with Gasteiger partial charge < -0.3 is 19.3 Å². The number of methoxy groups -OCH3 is 1. The molecule has 8 heteroatoms. The quantitative estimate of drug-likeness (QED) is 0.683. The standard InChI is InChI=1S/C21H23FN4O3/c1-28-21(20-24-19(25-29-20)17-4-2-3-11-23-17)9-12-26(13-10-21)14-18(27)15-5-7-16(22)8-6-15/h2-8,11,18,27H,9-10,12-14H2,1H3. The second-order valence-corrected chi connectivity index (χ2v) is 7.20. The summed E-state index contributed by atoms with van der Waals surface area (Å²) in [4.78, 5) is 10.9. The molecule has 2 aromatic heterocycles. The molecule has 0 saturated carbocycles. The molecule has 0 bridgehead atoms. The molecule has 0 amide bonds. The number of hydrogen-bond acceptors (Lipinski definition) is 7. The Hall–Kier alpha value is -2.68. The molecule has 1 aliphatic heterocycles. The van der Waals surface area contributed by atoms with E-state index in [4.69, 9.17) is 9.26 Å². The van der Waals surface area contributed by atoms with Gasteiger partial charge in [-0.05, 0) is 42.7 Å². The molecule has 1 aromatic carbocycles. The van der Waals surface area contributed by atoms with Gasteiger partial charge in [-0.15, -0.1) is 0 Å². The molecule has 1 saturated heterocycles. The lowest BCUT2D eigenvalue weighted by molar-refractivity contribution is -0.0865. The molecular formula is C21H23FN4O3. The normalized spacial score (nSPS) is 17.9. The van der Waals surface area contributed by atoms with E-state index in [9.17, 15) is 9.50 Å². The van der Waals surface area contributed by atoms with Gasteiger partial charge in [-0.2, -0.15) is 4.98 Å². The van der Waals surface area contributed by atoms with Crippen LogP contribution in [0.1, 0.15) is 30.4 Å². The SMILES string of the molecule is COC1(c2nc(-c3ccccn3)no2)CCN(CC(O)c2ccc(F)cc2)CC1. The van der Waals surface area contributed by atoms with Crippen LogP contribution >= 0.6 is 0 Å². The number of β-amino-alcohol motifs (C(OH)–C–C–N with tert-alkyl or cyclic N) is 1. The van der Waals surface area contributed by atoms with Crippen molar-refractivity contribution in [2.24, 2.45) is 0 Å². The lowest BCUT2D eigenvalue weighted by Crippen LogP contribution is -2.45. The first kappa shape index (κ1) is 19.6. The lowest BCUT2D eigenvalue weighted by Gasteiger charge is -2.38. The fourth-order valence-electron chi connectivity index (χ4n) is 3.64. The van der Waals surface area contributed by atoms with E-state index >= 15 is 0 Å². The van der Waals surface area contributed by atoms with Gasteiger partial charge in [0.15, 0.2) is 0 Å². The number of aromatic nitrogens is 3. The van der Waals surface area contributed by atoms with E-state index in [1.54, 1.807) is 25.4 Å². The van der Waals surface area contributed by atoms with Gasteiger partial charge in [0.25, 0.3) is 5.89 Å². The minimum atomic E-state index is -0.676. The molecule has 3 aromatic rings. The fourth-order valence-corrected chi connectivity index (χ4v) is 3.64. The molecule has 0 spiro atoms. The molecule has 1 fully saturated rings. The predicted molar refractivity (Wildman–Crippen MR) is 103 cm³/mol. The lowest BCUT2D eigenvalue weighted by atomic mass is 9.90. The number of aliphatic hydroxyl groups is 1. The highest BCUT2D eigenvalue weighted by Crippen LogP contribution is 2.36. The zero-order valence-corrected chi connectivity index (χ0v) is 16.2. The molecule has 1 N–H and O–H groups in total. The van der Waals surface area contributed by atoms with E-state index in [0.29, 0.717) is 55.4 Å². The second kappa shape index (κ2) is 8.36. The van der Waals surface area contributed by atoms with Crippen molar-refractivity contribution < 1.29 is 18.8 Å². The number of halogens is 1. The highest BCUT2D eigenvalue weighted by atomic mass is 19.1. The molecule has 4 rings (SSSR count). The van der Waals surface area contributed by atoms with E-state index < -0.39 is 11.7 Å². The van der Waals surface area contributed by atoms with Gasteiger partial charge in [0.2, 0.25) is 5.82 Å². The van der Waals surface area contributed by atoms with Crippen LogP contribution in [0.2, 0.25) is 0 Å². The highest BCUT2D eigenvalue weighted by Gasteiger charge is 2.41. The number of benzene rings is 1. The van der Waals surface area contributed by atoms with E-state index in [1.165, 1.54) is 12.1 Å². The van der Waals surface area contributed by atoms with Gasteiger partial charge in [0, 0.05) is 32.9 Å². The summed E-state index contributed by atoms with van der Waals surface area (Å²) in [6, 6.07) is 11.5. The smallest absolute Gasteiger partial charge is 0.259 e. The highest BCUT2D eigenvalue weighted by molar-refractivity contribution is 5.47. The van der Waals surface area contributed by atoms with Crippen molar-refractivity contribution in [3.05, 3.63) is 65.9 Å². The molecule has 0 aliphatic carbocycles. The third-order valence-electron chi connectivity index (χ3n) is 5.45. The van der Waals surface area contributed by atoms with E-state index in [1.807, 2.05) is 18.2 Å². The summed E-state index contributed by atoms with van der Waals surface area (Å²) < 4.78 is 24.4. The van der Waals surface area contributed by atoms with Crippen LogP contribution in [0.4, 0.5) is 4.39 Å². The number of aliphatic hydroxyl groups excluding tert-OH is 1. The monoisotopic (exact) mass is 398 g/mol. The number of likely N-dealkylation sites (tertiary alicyclic amines) is 1. The summed E-state index contributed by atoms with van der Waals surface area (Å²) in [6.45, 7) is 1.87. The van der Waals surface area contributed by atoms with Crippen LogP contribution in [0.15, 0.2) is 53.2 Å². The Kier molecular flexibility index (Phi) is 5.66. The van der Waals surface area contributed by atoms with Crippen LogP contribution in [-0.4, -0.2) is 51.9 Å². The molecule has 152 valence electrons. The van der Waals surface area contributed by atoms with Crippen molar-refractivity contribution in [2.45, 2.75) is 24.5 Å². The van der Waals surface area contributed by atoms with Crippen LogP contribution in [0.5, 0.6) is 0 Å². The summed E-state index contributed by atoms with van der Waals surface area (Å²) in [5.41, 5.74) is 0.692. The second-order valence-electron chi connectivity index (χ2n) is 7.20. The minimum Gasteiger partial charge on any atom is -0.387 e. The van der Waals surface area contributed by atoms with Crippen LogP contribution in [0.25, 0.3) is 11.5 Å². The number of rotatable bonds is 6. The fraction of sp³-hybridized carbons (Fsp3) is 0.381. The van der Waals surface area contributed by atoms with Gasteiger partial charge >= 0.3 is 0 Å². The van der Waals surface area contributed by atoms with Crippen molar-refractivity contribution in [3.8, 4) is 11.5 Å². The van der Waals surface area contributed by atoms with Crippen molar-refractivity contribution in [3.63, 3.8) is 0 Å². The first-order valence-corrected chi connectivity index (χ1v) is 9.56. The molecule has 7 nitrogen and oxygen atoms in total. The zero-order valence-electron chi connectivity index (χ0n) is 16.2. The molecular weight excluding hydrogens is 375 g/mol. The molecule has 1 aliphatic rings. The van der Waals surface area contributed by atoms with Crippen LogP contribution in [0.3, 0.4) is 0 Å². The Balaban J connectivity index is 1.41. The zero-order chi connectivity index (χ0) is 20.3. The van der Waals surface area contributed by atoms with Crippen LogP contribution in [-0.2, 0) is 10.3 Å². The summed E-state index contributed by atoms with van der Waals surface area (Å²) in [7, 11) is 1.65. The Labute approximate surface area is 168 Å². The maximum atomic E-state index is 13.1. The van der Waals surface area contributed by atoms with Crippen molar-refractivity contribution in [2.75, 3.05) is 26.7 Å². The van der Waals surface area contributed by atoms with E-state index in [-0.39, 0.29) is 5.82 Å². The maximum Gasteiger partial charge on any atom is 0.259 e. The maximum absolute atomic E-state index is 13.1. The minimum absolute atomic E-state index is 0.312. The summed E-state index contributed by atoms with van der Waals surface area (Å²) in [6.07, 6.45) is 2.32. The molecule has 1 atom stereocenters. The first-order chi connectivity index (χ1) is 14.1. The largest absolute Gasteiger partial charge is 0.387 e. The molecule has 1 unspecified atom stereocenters. The summed E-state index contributed by atoms with van der Waals surface area (Å²) in [5, 5.41) is 14.5. The van der Waals surface area contributed by atoms with E-state index in [2.05, 4.69) is 20.0 Å². The topological polar surface area (TPSA) is 84.5 Å².